The van der Waals surface area contributed by atoms with Gasteiger partial charge in [-0.3, -0.25) is 9.59 Å². The van der Waals surface area contributed by atoms with Gasteiger partial charge < -0.3 is 19.4 Å². The Morgan fingerprint density at radius 2 is 1.88 bits per heavy atom. The summed E-state index contributed by atoms with van der Waals surface area (Å²) in [6.07, 6.45) is 4.20. The zero-order chi connectivity index (χ0) is 30.0. The first-order chi connectivity index (χ1) is 20.6. The van der Waals surface area contributed by atoms with Crippen LogP contribution in [0.5, 0.6) is 0 Å². The lowest BCUT2D eigenvalue weighted by molar-refractivity contribution is -0.161. The molecular weight excluding hydrogens is 561 g/mol. The molecule has 1 aromatic carbocycles. The van der Waals surface area contributed by atoms with Crippen LogP contribution < -0.4 is 5.32 Å². The van der Waals surface area contributed by atoms with Crippen LogP contribution in [0, 0.1) is 11.7 Å². The van der Waals surface area contributed by atoms with Gasteiger partial charge in [-0.2, -0.15) is 0 Å². The molecule has 1 N–H and O–H groups in total. The van der Waals surface area contributed by atoms with Crippen molar-refractivity contribution in [1.29, 1.82) is 0 Å². The second kappa shape index (κ2) is 10.0. The fourth-order valence-electron chi connectivity index (χ4n) is 5.89. The Kier molecular flexibility index (Phi) is 6.36. The van der Waals surface area contributed by atoms with Crippen LogP contribution in [0.1, 0.15) is 78.8 Å². The lowest BCUT2D eigenvalue weighted by atomic mass is 9.80. The molecule has 2 fully saturated rings. The summed E-state index contributed by atoms with van der Waals surface area (Å²) in [6.45, 7) is 4.17. The molecule has 0 atom stereocenters. The van der Waals surface area contributed by atoms with Gasteiger partial charge in [0.2, 0.25) is 11.8 Å². The molecule has 0 saturated heterocycles. The van der Waals surface area contributed by atoms with Crippen LogP contribution in [0.4, 0.5) is 19.0 Å². The van der Waals surface area contributed by atoms with Crippen molar-refractivity contribution in [2.75, 3.05) is 5.32 Å². The number of pyridine rings is 1. The van der Waals surface area contributed by atoms with Gasteiger partial charge in [0.15, 0.2) is 5.82 Å². The normalized spacial score (nSPS) is 17.7. The van der Waals surface area contributed by atoms with Crippen LogP contribution in [0.3, 0.4) is 0 Å². The number of benzene rings is 1. The van der Waals surface area contributed by atoms with Gasteiger partial charge in [-0.1, -0.05) is 6.07 Å². The molecule has 2 saturated carbocycles. The summed E-state index contributed by atoms with van der Waals surface area (Å²) in [7, 11) is 0. The number of carbonyl (C=O) groups excluding carboxylic acids is 2. The first-order valence-corrected chi connectivity index (χ1v) is 14.3. The summed E-state index contributed by atoms with van der Waals surface area (Å²) in [5.41, 5.74) is 2.86. The second-order valence-corrected chi connectivity index (χ2v) is 11.9. The molecule has 3 aromatic heterocycles. The van der Waals surface area contributed by atoms with Gasteiger partial charge in [0, 0.05) is 37.3 Å². The predicted octanol–water partition coefficient (Wildman–Crippen LogP) is 5.26. The molecule has 2 amide bonds. The number of alkyl halides is 2. The standard InChI is InChI=1S/C30H29F3N8O2/c1-16(2)40-15-35-38-27(40)22-4-3-5-25(36-22)37-28(42)20-9-23-18(8-21(20)31)12-39(29(43)19-10-30(32,33)11-19)13-24-26(17-6-7-17)34-14-41(23)24/h3-5,8-9,14-17,19H,6-7,10-13H2,1-2H3,(H,36,37,42). The smallest absolute Gasteiger partial charge is 0.259 e. The molecule has 222 valence electrons. The van der Waals surface area contributed by atoms with Crippen LogP contribution >= 0.6 is 0 Å². The van der Waals surface area contributed by atoms with Crippen LogP contribution in [0.15, 0.2) is 43.0 Å². The highest BCUT2D eigenvalue weighted by Gasteiger charge is 2.50. The average Bonchev–Trinajstić information content (AvgIpc) is 3.56. The van der Waals surface area contributed by atoms with Gasteiger partial charge in [-0.05, 0) is 56.5 Å². The molecule has 3 aliphatic rings. The maximum Gasteiger partial charge on any atom is 0.259 e. The molecular formula is C30H29F3N8O2. The van der Waals surface area contributed by atoms with Crippen molar-refractivity contribution in [1.82, 2.24) is 34.2 Å². The van der Waals surface area contributed by atoms with E-state index in [1.165, 1.54) is 17.0 Å². The fraction of sp³-hybridized carbons (Fsp3) is 0.400. The maximum absolute atomic E-state index is 15.6. The molecule has 4 aromatic rings. The molecule has 0 spiro atoms. The van der Waals surface area contributed by atoms with E-state index in [-0.39, 0.29) is 42.3 Å². The number of imidazole rings is 1. The largest absolute Gasteiger partial charge is 0.332 e. The van der Waals surface area contributed by atoms with Crippen molar-refractivity contribution in [3.8, 4) is 17.2 Å². The minimum absolute atomic E-state index is 0.0287. The van der Waals surface area contributed by atoms with E-state index in [0.717, 1.165) is 24.2 Å². The van der Waals surface area contributed by atoms with E-state index in [2.05, 4.69) is 25.5 Å². The van der Waals surface area contributed by atoms with E-state index in [0.29, 0.717) is 22.8 Å². The molecule has 4 heterocycles. The first-order valence-electron chi connectivity index (χ1n) is 14.3. The highest BCUT2D eigenvalue weighted by molar-refractivity contribution is 6.04. The third kappa shape index (κ3) is 4.96. The van der Waals surface area contributed by atoms with Gasteiger partial charge in [-0.25, -0.2) is 23.1 Å². The summed E-state index contributed by atoms with van der Waals surface area (Å²) in [6, 6.07) is 7.84. The summed E-state index contributed by atoms with van der Waals surface area (Å²) >= 11 is 0. The zero-order valence-corrected chi connectivity index (χ0v) is 23.6. The number of aromatic nitrogens is 6. The van der Waals surface area contributed by atoms with Gasteiger partial charge >= 0.3 is 0 Å². The molecule has 0 radical (unpaired) electrons. The van der Waals surface area contributed by atoms with E-state index < -0.39 is 36.4 Å². The number of nitrogens with one attached hydrogen (secondary N) is 1. The fourth-order valence-corrected chi connectivity index (χ4v) is 5.89. The van der Waals surface area contributed by atoms with Crippen molar-refractivity contribution in [3.05, 3.63) is 71.3 Å². The monoisotopic (exact) mass is 590 g/mol. The minimum atomic E-state index is -2.83. The SMILES string of the molecule is CC(C)n1cnnc1-c1cccc(NC(=O)c2cc3c(cc2F)CN(C(=O)C2CC(F)(F)C2)Cc2c(C4CC4)ncn2-3)n1. The van der Waals surface area contributed by atoms with Crippen molar-refractivity contribution in [2.45, 2.75) is 70.5 Å². The molecule has 2 aliphatic carbocycles. The second-order valence-electron chi connectivity index (χ2n) is 11.9. The van der Waals surface area contributed by atoms with E-state index in [1.807, 2.05) is 18.4 Å². The Labute approximate surface area is 245 Å². The van der Waals surface area contributed by atoms with Crippen LogP contribution in [0.25, 0.3) is 17.2 Å². The van der Waals surface area contributed by atoms with Gasteiger partial charge in [0.25, 0.3) is 5.91 Å². The summed E-state index contributed by atoms with van der Waals surface area (Å²) < 4.78 is 46.4. The lowest BCUT2D eigenvalue weighted by Gasteiger charge is -2.37. The zero-order valence-electron chi connectivity index (χ0n) is 23.6. The maximum atomic E-state index is 15.6. The number of hydrogen-bond donors (Lipinski definition) is 1. The molecule has 13 heteroatoms. The van der Waals surface area contributed by atoms with E-state index in [4.69, 9.17) is 0 Å². The highest BCUT2D eigenvalue weighted by atomic mass is 19.3. The van der Waals surface area contributed by atoms with Crippen molar-refractivity contribution in [3.63, 3.8) is 0 Å². The van der Waals surface area contributed by atoms with Crippen molar-refractivity contribution < 1.29 is 22.8 Å². The summed E-state index contributed by atoms with van der Waals surface area (Å²) in [5.74, 6) is -4.46. The van der Waals surface area contributed by atoms with E-state index in [9.17, 15) is 18.4 Å². The summed E-state index contributed by atoms with van der Waals surface area (Å²) in [4.78, 5) is 37.3. The Bertz CT molecular complexity index is 1750. The number of halogens is 3. The quantitative estimate of drug-likeness (QED) is 0.328. The molecule has 0 unspecified atom stereocenters. The molecule has 0 bridgehead atoms. The molecule has 10 nitrogen and oxygen atoms in total. The topological polar surface area (TPSA) is 111 Å². The van der Waals surface area contributed by atoms with Crippen LogP contribution in [0.2, 0.25) is 0 Å². The van der Waals surface area contributed by atoms with E-state index >= 15 is 4.39 Å². The number of rotatable bonds is 6. The molecule has 1 aliphatic heterocycles. The van der Waals surface area contributed by atoms with Crippen molar-refractivity contribution >= 4 is 17.6 Å². The number of anilines is 1. The average molecular weight is 591 g/mol. The number of carbonyl (C=O) groups is 2. The predicted molar refractivity (Wildman–Crippen MR) is 149 cm³/mol. The van der Waals surface area contributed by atoms with Crippen molar-refractivity contribution in [2.24, 2.45) is 5.92 Å². The summed E-state index contributed by atoms with van der Waals surface area (Å²) in [5, 5.41) is 10.8. The number of nitrogens with zero attached hydrogens (tertiary/aromatic N) is 7. The first kappa shape index (κ1) is 27.3. The lowest BCUT2D eigenvalue weighted by Crippen LogP contribution is -2.46. The minimum Gasteiger partial charge on any atom is -0.332 e. The number of amides is 2. The third-order valence-electron chi connectivity index (χ3n) is 8.34. The van der Waals surface area contributed by atoms with Gasteiger partial charge in [-0.15, -0.1) is 10.2 Å². The van der Waals surface area contributed by atoms with Crippen LogP contribution in [-0.4, -0.2) is 51.9 Å². The Morgan fingerprint density at radius 3 is 2.60 bits per heavy atom. The Morgan fingerprint density at radius 1 is 1.09 bits per heavy atom. The van der Waals surface area contributed by atoms with E-state index in [1.54, 1.807) is 35.4 Å². The Hall–Kier alpha value is -4.55. The molecule has 7 rings (SSSR count). The van der Waals surface area contributed by atoms with Gasteiger partial charge in [0.1, 0.15) is 23.7 Å². The number of fused-ring (bicyclic) bond motifs is 3. The third-order valence-corrected chi connectivity index (χ3v) is 8.34. The Balaban J connectivity index is 1.21. The number of hydrogen-bond acceptors (Lipinski definition) is 6. The highest BCUT2D eigenvalue weighted by Crippen LogP contribution is 2.45. The molecule has 43 heavy (non-hydrogen) atoms. The van der Waals surface area contributed by atoms with Crippen LogP contribution in [-0.2, 0) is 17.9 Å². The van der Waals surface area contributed by atoms with Gasteiger partial charge in [0.05, 0.1) is 35.5 Å².